The summed E-state index contributed by atoms with van der Waals surface area (Å²) in [7, 11) is 0. The van der Waals surface area contributed by atoms with Gasteiger partial charge in [0.15, 0.2) is 6.29 Å². The summed E-state index contributed by atoms with van der Waals surface area (Å²) in [4.78, 5) is 18.0. The average molecular weight is 180 g/mol. The van der Waals surface area contributed by atoms with Crippen molar-refractivity contribution in [3.8, 4) is 6.01 Å². The Labute approximate surface area is 77.0 Å². The number of rotatable bonds is 5. The average Bonchev–Trinajstić information content (AvgIpc) is 2.19. The van der Waals surface area contributed by atoms with Gasteiger partial charge in [0.2, 0.25) is 0 Å². The predicted octanol–water partition coefficient (Wildman–Crippen LogP) is 1.47. The van der Waals surface area contributed by atoms with E-state index in [0.717, 1.165) is 12.8 Å². The Morgan fingerprint density at radius 3 is 2.69 bits per heavy atom. The van der Waals surface area contributed by atoms with Crippen molar-refractivity contribution in [2.24, 2.45) is 0 Å². The lowest BCUT2D eigenvalue weighted by Crippen LogP contribution is -2.00. The maximum Gasteiger partial charge on any atom is 0.316 e. The molecule has 0 N–H and O–H groups in total. The minimum absolute atomic E-state index is 0.332. The molecule has 0 spiro atoms. The zero-order valence-electron chi connectivity index (χ0n) is 7.56. The first-order valence-electron chi connectivity index (χ1n) is 4.27. The van der Waals surface area contributed by atoms with Gasteiger partial charge in [-0.2, -0.15) is 0 Å². The number of ether oxygens (including phenoxy) is 1. The van der Waals surface area contributed by atoms with E-state index >= 15 is 0 Å². The van der Waals surface area contributed by atoms with E-state index in [2.05, 4.69) is 16.9 Å². The zero-order chi connectivity index (χ0) is 9.52. The van der Waals surface area contributed by atoms with Crippen LogP contribution in [0.3, 0.4) is 0 Å². The summed E-state index contributed by atoms with van der Waals surface area (Å²) in [5, 5.41) is 0. The van der Waals surface area contributed by atoms with E-state index in [4.69, 9.17) is 4.74 Å². The van der Waals surface area contributed by atoms with Gasteiger partial charge < -0.3 is 4.74 Å². The molecule has 0 amide bonds. The van der Waals surface area contributed by atoms with Crippen LogP contribution in [-0.2, 0) is 0 Å². The van der Waals surface area contributed by atoms with Crippen LogP contribution in [0.15, 0.2) is 12.4 Å². The van der Waals surface area contributed by atoms with Gasteiger partial charge in [-0.1, -0.05) is 13.3 Å². The van der Waals surface area contributed by atoms with Crippen LogP contribution >= 0.6 is 0 Å². The van der Waals surface area contributed by atoms with Crippen molar-refractivity contribution in [2.75, 3.05) is 6.61 Å². The molecule has 70 valence electrons. The van der Waals surface area contributed by atoms with Crippen LogP contribution in [0, 0.1) is 0 Å². The SMILES string of the molecule is CCCCOc1ncc(C=O)cn1. The number of unbranched alkanes of at least 4 members (excludes halogenated alkanes) is 1. The predicted molar refractivity (Wildman–Crippen MR) is 47.8 cm³/mol. The summed E-state index contributed by atoms with van der Waals surface area (Å²) in [6.45, 7) is 2.71. The maximum atomic E-state index is 10.3. The fraction of sp³-hybridized carbons (Fsp3) is 0.444. The molecule has 0 aliphatic carbocycles. The molecule has 1 rings (SSSR count). The quantitative estimate of drug-likeness (QED) is 0.508. The lowest BCUT2D eigenvalue weighted by atomic mass is 10.4. The van der Waals surface area contributed by atoms with Crippen molar-refractivity contribution < 1.29 is 9.53 Å². The molecule has 0 fully saturated rings. The van der Waals surface area contributed by atoms with Crippen LogP contribution in [0.25, 0.3) is 0 Å². The van der Waals surface area contributed by atoms with Crippen molar-refractivity contribution in [3.05, 3.63) is 18.0 Å². The van der Waals surface area contributed by atoms with Crippen molar-refractivity contribution >= 4 is 6.29 Å². The first-order valence-corrected chi connectivity index (χ1v) is 4.27. The third-order valence-electron chi connectivity index (χ3n) is 1.51. The van der Waals surface area contributed by atoms with Gasteiger partial charge in [0, 0.05) is 12.4 Å². The summed E-state index contributed by atoms with van der Waals surface area (Å²) < 4.78 is 5.21. The lowest BCUT2D eigenvalue weighted by molar-refractivity contribution is 0.112. The highest BCUT2D eigenvalue weighted by atomic mass is 16.5. The van der Waals surface area contributed by atoms with Gasteiger partial charge in [0.05, 0.1) is 12.2 Å². The molecule has 0 atom stereocenters. The number of hydrogen-bond donors (Lipinski definition) is 0. The Hall–Kier alpha value is -1.45. The van der Waals surface area contributed by atoms with Crippen LogP contribution in [-0.4, -0.2) is 22.9 Å². The minimum Gasteiger partial charge on any atom is -0.463 e. The highest BCUT2D eigenvalue weighted by Gasteiger charge is 1.96. The van der Waals surface area contributed by atoms with Crippen molar-refractivity contribution in [1.82, 2.24) is 9.97 Å². The van der Waals surface area contributed by atoms with Gasteiger partial charge in [-0.15, -0.1) is 0 Å². The molecule has 1 aromatic heterocycles. The number of hydrogen-bond acceptors (Lipinski definition) is 4. The molecule has 0 radical (unpaired) electrons. The van der Waals surface area contributed by atoms with E-state index in [1.807, 2.05) is 0 Å². The second kappa shape index (κ2) is 5.24. The minimum atomic E-state index is 0.332. The van der Waals surface area contributed by atoms with E-state index in [1.54, 1.807) is 0 Å². The Morgan fingerprint density at radius 2 is 2.15 bits per heavy atom. The topological polar surface area (TPSA) is 52.1 Å². The highest BCUT2D eigenvalue weighted by molar-refractivity contribution is 5.73. The third kappa shape index (κ3) is 3.19. The summed E-state index contributed by atoms with van der Waals surface area (Å²) in [6, 6.07) is 0.332. The number of carbonyl (C=O) groups is 1. The smallest absolute Gasteiger partial charge is 0.316 e. The number of aldehydes is 1. The number of carbonyl (C=O) groups excluding carboxylic acids is 1. The van der Waals surface area contributed by atoms with Gasteiger partial charge in [-0.3, -0.25) is 4.79 Å². The second-order valence-electron chi connectivity index (χ2n) is 2.62. The van der Waals surface area contributed by atoms with Gasteiger partial charge in [0.1, 0.15) is 0 Å². The van der Waals surface area contributed by atoms with E-state index in [1.165, 1.54) is 12.4 Å². The molecule has 0 aliphatic rings. The lowest BCUT2D eigenvalue weighted by Gasteiger charge is -2.01. The van der Waals surface area contributed by atoms with E-state index in [0.29, 0.717) is 24.5 Å². The molecule has 0 saturated heterocycles. The molecular formula is C9H12N2O2. The summed E-state index contributed by atoms with van der Waals surface area (Å²) in [5.74, 6) is 0. The fourth-order valence-electron chi connectivity index (χ4n) is 0.769. The molecular weight excluding hydrogens is 168 g/mol. The summed E-state index contributed by atoms with van der Waals surface area (Å²) in [6.07, 6.45) is 5.66. The van der Waals surface area contributed by atoms with E-state index in [-0.39, 0.29) is 0 Å². The summed E-state index contributed by atoms with van der Waals surface area (Å²) in [5.41, 5.74) is 0.461. The molecule has 4 heteroatoms. The molecule has 0 aromatic carbocycles. The largest absolute Gasteiger partial charge is 0.463 e. The molecule has 0 bridgehead atoms. The van der Waals surface area contributed by atoms with Crippen molar-refractivity contribution in [2.45, 2.75) is 19.8 Å². The monoisotopic (exact) mass is 180 g/mol. The Bertz CT molecular complexity index is 259. The summed E-state index contributed by atoms with van der Waals surface area (Å²) >= 11 is 0. The molecule has 4 nitrogen and oxygen atoms in total. The first kappa shape index (κ1) is 9.64. The second-order valence-corrected chi connectivity index (χ2v) is 2.62. The van der Waals surface area contributed by atoms with Crippen LogP contribution in [0.4, 0.5) is 0 Å². The van der Waals surface area contributed by atoms with Crippen molar-refractivity contribution in [1.29, 1.82) is 0 Å². The van der Waals surface area contributed by atoms with Gasteiger partial charge in [-0.25, -0.2) is 9.97 Å². The van der Waals surface area contributed by atoms with E-state index < -0.39 is 0 Å². The molecule has 13 heavy (non-hydrogen) atoms. The third-order valence-corrected chi connectivity index (χ3v) is 1.51. The maximum absolute atomic E-state index is 10.3. The molecule has 0 aliphatic heterocycles. The van der Waals surface area contributed by atoms with Gasteiger partial charge in [0.25, 0.3) is 0 Å². The number of aromatic nitrogens is 2. The zero-order valence-corrected chi connectivity index (χ0v) is 7.56. The highest BCUT2D eigenvalue weighted by Crippen LogP contribution is 2.01. The van der Waals surface area contributed by atoms with Gasteiger partial charge in [-0.05, 0) is 6.42 Å². The standard InChI is InChI=1S/C9H12N2O2/c1-2-3-4-13-9-10-5-8(7-12)6-11-9/h5-7H,2-4H2,1H3. The van der Waals surface area contributed by atoms with Crippen molar-refractivity contribution in [3.63, 3.8) is 0 Å². The number of nitrogens with zero attached hydrogens (tertiary/aromatic N) is 2. The van der Waals surface area contributed by atoms with Gasteiger partial charge >= 0.3 is 6.01 Å². The molecule has 1 heterocycles. The Morgan fingerprint density at radius 1 is 1.46 bits per heavy atom. The van der Waals surface area contributed by atoms with Crippen LogP contribution in [0.2, 0.25) is 0 Å². The fourth-order valence-corrected chi connectivity index (χ4v) is 0.769. The van der Waals surface area contributed by atoms with Crippen LogP contribution in [0.1, 0.15) is 30.1 Å². The Balaban J connectivity index is 2.44. The van der Waals surface area contributed by atoms with Crippen LogP contribution in [0.5, 0.6) is 6.01 Å². The molecule has 0 unspecified atom stereocenters. The van der Waals surface area contributed by atoms with Crippen LogP contribution < -0.4 is 4.74 Å². The van der Waals surface area contributed by atoms with E-state index in [9.17, 15) is 4.79 Å². The molecule has 1 aromatic rings. The normalized spacial score (nSPS) is 9.62. The first-order chi connectivity index (χ1) is 6.36. The Kier molecular flexibility index (Phi) is 3.88. The molecule has 0 saturated carbocycles.